The van der Waals surface area contributed by atoms with Gasteiger partial charge in [0.15, 0.2) is 11.0 Å². The Hall–Kier alpha value is -2.67. The van der Waals surface area contributed by atoms with E-state index in [0.29, 0.717) is 16.7 Å². The summed E-state index contributed by atoms with van der Waals surface area (Å²) in [5.41, 5.74) is 6.78. The molecule has 0 bridgehead atoms. The maximum Gasteiger partial charge on any atom is 0.227 e. The zero-order valence-corrected chi connectivity index (χ0v) is 12.8. The van der Waals surface area contributed by atoms with Crippen molar-refractivity contribution in [2.75, 3.05) is 5.75 Å². The Morgan fingerprint density at radius 1 is 1.09 bits per heavy atom. The summed E-state index contributed by atoms with van der Waals surface area (Å²) in [6.07, 6.45) is 0. The molecule has 5 nitrogen and oxygen atoms in total. The van der Waals surface area contributed by atoms with Gasteiger partial charge < -0.3 is 5.73 Å². The molecule has 116 valence electrons. The number of aromatic nitrogens is 3. The topological polar surface area (TPSA) is 73.8 Å². The van der Waals surface area contributed by atoms with Crippen LogP contribution < -0.4 is 5.73 Å². The molecular weight excluding hydrogens is 315 g/mol. The maximum atomic E-state index is 13.2. The molecule has 7 heteroatoms. The molecule has 0 saturated carbocycles. The van der Waals surface area contributed by atoms with Crippen LogP contribution >= 0.6 is 11.8 Å². The van der Waals surface area contributed by atoms with E-state index >= 15 is 0 Å². The fourth-order valence-electron chi connectivity index (χ4n) is 2.10. The fraction of sp³-hybridized carbons (Fsp3) is 0.0625. The molecule has 23 heavy (non-hydrogen) atoms. The zero-order valence-electron chi connectivity index (χ0n) is 12.0. The van der Waals surface area contributed by atoms with Crippen LogP contribution in [0.1, 0.15) is 0 Å². The molecule has 2 N–H and O–H groups in total. The summed E-state index contributed by atoms with van der Waals surface area (Å²) in [5.74, 6) is -0.0581. The molecule has 2 aromatic carbocycles. The van der Waals surface area contributed by atoms with E-state index in [-0.39, 0.29) is 11.6 Å². The lowest BCUT2D eigenvalue weighted by Gasteiger charge is -2.10. The summed E-state index contributed by atoms with van der Waals surface area (Å²) in [4.78, 5) is 11.0. The van der Waals surface area contributed by atoms with Gasteiger partial charge >= 0.3 is 0 Å². The highest BCUT2D eigenvalue weighted by atomic mass is 32.2. The van der Waals surface area contributed by atoms with Gasteiger partial charge in [0, 0.05) is 11.3 Å². The second kappa shape index (κ2) is 6.62. The van der Waals surface area contributed by atoms with Gasteiger partial charge in [0.2, 0.25) is 5.91 Å². The molecule has 0 aliphatic rings. The van der Waals surface area contributed by atoms with E-state index in [1.807, 2.05) is 30.3 Å². The van der Waals surface area contributed by atoms with E-state index in [1.54, 1.807) is 16.7 Å². The summed E-state index contributed by atoms with van der Waals surface area (Å²) in [6, 6.07) is 15.5. The molecule has 0 radical (unpaired) electrons. The minimum Gasteiger partial charge on any atom is -0.369 e. The van der Waals surface area contributed by atoms with E-state index in [1.165, 1.54) is 23.9 Å². The predicted molar refractivity (Wildman–Crippen MR) is 86.7 cm³/mol. The minimum atomic E-state index is -0.440. The first-order valence-electron chi connectivity index (χ1n) is 6.83. The number of amides is 1. The average molecular weight is 328 g/mol. The van der Waals surface area contributed by atoms with Gasteiger partial charge in [-0.2, -0.15) is 0 Å². The van der Waals surface area contributed by atoms with Crippen LogP contribution in [0.3, 0.4) is 0 Å². The van der Waals surface area contributed by atoms with Gasteiger partial charge in [0.1, 0.15) is 5.82 Å². The number of carbonyl (C=O) groups is 1. The van der Waals surface area contributed by atoms with Gasteiger partial charge in [-0.25, -0.2) is 4.39 Å². The van der Waals surface area contributed by atoms with Gasteiger partial charge in [0.25, 0.3) is 0 Å². The molecule has 0 fully saturated rings. The van der Waals surface area contributed by atoms with Crippen molar-refractivity contribution >= 4 is 17.7 Å². The third-order valence-electron chi connectivity index (χ3n) is 3.09. The van der Waals surface area contributed by atoms with E-state index < -0.39 is 5.91 Å². The smallest absolute Gasteiger partial charge is 0.227 e. The Morgan fingerprint density at radius 2 is 1.78 bits per heavy atom. The molecule has 0 unspecified atom stereocenters. The quantitative estimate of drug-likeness (QED) is 0.731. The number of nitrogens with zero attached hydrogens (tertiary/aromatic N) is 3. The van der Waals surface area contributed by atoms with Crippen molar-refractivity contribution in [1.29, 1.82) is 0 Å². The third kappa shape index (κ3) is 3.40. The highest BCUT2D eigenvalue weighted by Gasteiger charge is 2.16. The Balaban J connectivity index is 2.10. The largest absolute Gasteiger partial charge is 0.369 e. The van der Waals surface area contributed by atoms with Crippen molar-refractivity contribution in [3.63, 3.8) is 0 Å². The number of primary amides is 1. The first-order valence-corrected chi connectivity index (χ1v) is 7.81. The molecule has 3 aromatic rings. The molecule has 1 amide bonds. The van der Waals surface area contributed by atoms with Gasteiger partial charge in [-0.05, 0) is 24.3 Å². The summed E-state index contributed by atoms with van der Waals surface area (Å²) in [7, 11) is 0. The Bertz CT molecular complexity index is 818. The van der Waals surface area contributed by atoms with Crippen LogP contribution in [0.25, 0.3) is 17.1 Å². The number of carbonyl (C=O) groups excluding carboxylic acids is 1. The maximum absolute atomic E-state index is 13.2. The molecule has 3 rings (SSSR count). The summed E-state index contributed by atoms with van der Waals surface area (Å²) in [6.45, 7) is 0. The van der Waals surface area contributed by atoms with Crippen LogP contribution in [0.2, 0.25) is 0 Å². The lowest BCUT2D eigenvalue weighted by molar-refractivity contribution is -0.115. The van der Waals surface area contributed by atoms with Crippen LogP contribution in [-0.4, -0.2) is 26.4 Å². The number of hydrogen-bond donors (Lipinski definition) is 1. The van der Waals surface area contributed by atoms with Gasteiger partial charge in [0.05, 0.1) is 5.75 Å². The van der Waals surface area contributed by atoms with Crippen molar-refractivity contribution in [2.24, 2.45) is 5.73 Å². The predicted octanol–water partition coefficient (Wildman–Crippen LogP) is 2.65. The highest BCUT2D eigenvalue weighted by Crippen LogP contribution is 2.27. The average Bonchev–Trinajstić information content (AvgIpc) is 2.98. The second-order valence-electron chi connectivity index (χ2n) is 4.74. The number of halogens is 1. The molecule has 0 saturated heterocycles. The van der Waals surface area contributed by atoms with Crippen molar-refractivity contribution in [2.45, 2.75) is 5.16 Å². The van der Waals surface area contributed by atoms with E-state index in [0.717, 1.165) is 5.56 Å². The zero-order chi connectivity index (χ0) is 16.2. The summed E-state index contributed by atoms with van der Waals surface area (Å²) in [5, 5.41) is 8.87. The summed E-state index contributed by atoms with van der Waals surface area (Å²) >= 11 is 1.19. The normalized spacial score (nSPS) is 10.7. The number of rotatable bonds is 5. The molecule has 0 spiro atoms. The highest BCUT2D eigenvalue weighted by molar-refractivity contribution is 7.99. The number of thioether (sulfide) groups is 1. The SMILES string of the molecule is NC(=O)CSc1nnc(-c2ccccc2)n1-c1ccc(F)cc1. The van der Waals surface area contributed by atoms with Gasteiger partial charge in [-0.15, -0.1) is 10.2 Å². The van der Waals surface area contributed by atoms with Crippen molar-refractivity contribution in [1.82, 2.24) is 14.8 Å². The van der Waals surface area contributed by atoms with Crippen LogP contribution in [0.4, 0.5) is 4.39 Å². The Morgan fingerprint density at radius 3 is 2.43 bits per heavy atom. The third-order valence-corrected chi connectivity index (χ3v) is 4.04. The van der Waals surface area contributed by atoms with Crippen molar-refractivity contribution < 1.29 is 9.18 Å². The van der Waals surface area contributed by atoms with Crippen LogP contribution in [0, 0.1) is 5.82 Å². The number of benzene rings is 2. The van der Waals surface area contributed by atoms with Crippen molar-refractivity contribution in [3.8, 4) is 17.1 Å². The first kappa shape index (κ1) is 15.2. The standard InChI is InChI=1S/C16H13FN4OS/c17-12-6-8-13(9-7-12)21-15(11-4-2-1-3-5-11)19-20-16(21)23-10-14(18)22/h1-9H,10H2,(H2,18,22). The van der Waals surface area contributed by atoms with Crippen LogP contribution in [0.15, 0.2) is 59.8 Å². The van der Waals surface area contributed by atoms with E-state index in [9.17, 15) is 9.18 Å². The molecule has 0 aliphatic carbocycles. The monoisotopic (exact) mass is 328 g/mol. The molecule has 0 aliphatic heterocycles. The minimum absolute atomic E-state index is 0.0914. The van der Waals surface area contributed by atoms with Gasteiger partial charge in [-0.3, -0.25) is 9.36 Å². The van der Waals surface area contributed by atoms with E-state index in [2.05, 4.69) is 10.2 Å². The number of hydrogen-bond acceptors (Lipinski definition) is 4. The molecule has 0 atom stereocenters. The van der Waals surface area contributed by atoms with Crippen LogP contribution in [0.5, 0.6) is 0 Å². The Labute approximate surface area is 136 Å². The van der Waals surface area contributed by atoms with Crippen LogP contribution in [-0.2, 0) is 4.79 Å². The second-order valence-corrected chi connectivity index (χ2v) is 5.68. The molecule has 1 heterocycles. The lowest BCUT2D eigenvalue weighted by Crippen LogP contribution is -2.13. The summed E-state index contributed by atoms with van der Waals surface area (Å²) < 4.78 is 15.0. The molecule has 1 aromatic heterocycles. The Kier molecular flexibility index (Phi) is 4.38. The van der Waals surface area contributed by atoms with E-state index in [4.69, 9.17) is 5.73 Å². The fourth-order valence-corrected chi connectivity index (χ4v) is 2.79. The lowest BCUT2D eigenvalue weighted by atomic mass is 10.2. The number of nitrogens with two attached hydrogens (primary N) is 1. The first-order chi connectivity index (χ1) is 11.1. The molecular formula is C16H13FN4OS. The van der Waals surface area contributed by atoms with Gasteiger partial charge in [-0.1, -0.05) is 42.1 Å². The van der Waals surface area contributed by atoms with Crippen molar-refractivity contribution in [3.05, 3.63) is 60.4 Å².